The Bertz CT molecular complexity index is 423. The summed E-state index contributed by atoms with van der Waals surface area (Å²) in [4.78, 5) is 12.9. The van der Waals surface area contributed by atoms with Gasteiger partial charge in [0.1, 0.15) is 10.4 Å². The topological polar surface area (TPSA) is 47.2 Å². The maximum absolute atomic E-state index is 4.45. The normalized spacial score (nSPS) is 19.7. The number of imidazole rings is 1. The highest BCUT2D eigenvalue weighted by Gasteiger charge is 2.28. The van der Waals surface area contributed by atoms with Crippen LogP contribution in [0.3, 0.4) is 0 Å². The molecule has 114 valence electrons. The van der Waals surface area contributed by atoms with Gasteiger partial charge in [0, 0.05) is 38.8 Å². The molecule has 5 nitrogen and oxygen atoms in total. The lowest BCUT2D eigenvalue weighted by atomic mass is 10.1. The highest BCUT2D eigenvalue weighted by Crippen LogP contribution is 2.26. The van der Waals surface area contributed by atoms with Gasteiger partial charge >= 0.3 is 0 Å². The largest absolute Gasteiger partial charge is 0.344 e. The van der Waals surface area contributed by atoms with Crippen molar-refractivity contribution in [3.63, 3.8) is 0 Å². The highest BCUT2D eigenvalue weighted by molar-refractivity contribution is 9.10. The summed E-state index contributed by atoms with van der Waals surface area (Å²) in [6, 6.07) is 0.992. The maximum atomic E-state index is 4.45. The van der Waals surface area contributed by atoms with Gasteiger partial charge in [-0.2, -0.15) is 0 Å². The van der Waals surface area contributed by atoms with Crippen molar-refractivity contribution in [3.05, 3.63) is 16.1 Å². The lowest BCUT2D eigenvalue weighted by Crippen LogP contribution is -2.51. The Morgan fingerprint density at radius 3 is 2.30 bits per heavy atom. The number of nitrogens with zero attached hydrogens (tertiary/aromatic N) is 3. The van der Waals surface area contributed by atoms with Crippen LogP contribution in [0.5, 0.6) is 0 Å². The summed E-state index contributed by atoms with van der Waals surface area (Å²) in [7, 11) is 2.01. The van der Waals surface area contributed by atoms with E-state index >= 15 is 0 Å². The lowest BCUT2D eigenvalue weighted by molar-refractivity contribution is 0.0765. The number of piperazine rings is 1. The van der Waals surface area contributed by atoms with E-state index in [9.17, 15) is 0 Å². The molecule has 1 saturated heterocycles. The molecule has 1 aromatic rings. The molecule has 2 heterocycles. The first-order chi connectivity index (χ1) is 9.52. The van der Waals surface area contributed by atoms with Gasteiger partial charge in [-0.05, 0) is 43.7 Å². The predicted octanol–water partition coefficient (Wildman–Crippen LogP) is 1.77. The van der Waals surface area contributed by atoms with E-state index < -0.39 is 0 Å². The van der Waals surface area contributed by atoms with Crippen molar-refractivity contribution in [1.82, 2.24) is 25.1 Å². The van der Waals surface area contributed by atoms with Crippen LogP contribution in [0.4, 0.5) is 0 Å². The van der Waals surface area contributed by atoms with Crippen molar-refractivity contribution in [2.75, 3.05) is 39.8 Å². The first-order valence-electron chi connectivity index (χ1n) is 7.37. The lowest BCUT2D eigenvalue weighted by Gasteiger charge is -2.40. The molecule has 0 amide bonds. The average Bonchev–Trinajstić information content (AvgIpc) is 2.75. The third-order valence-electron chi connectivity index (χ3n) is 4.05. The smallest absolute Gasteiger partial charge is 0.129 e. The summed E-state index contributed by atoms with van der Waals surface area (Å²) in [6.07, 6.45) is 0. The van der Waals surface area contributed by atoms with E-state index in [4.69, 9.17) is 0 Å². The van der Waals surface area contributed by atoms with E-state index in [-0.39, 0.29) is 0 Å². The Morgan fingerprint density at radius 1 is 1.25 bits per heavy atom. The standard InChI is InChI=1S/C14H26BrN5/c1-10(2)19-5-7-20(8-6-19)12(9-16-4)13-14(15)18-11(3)17-13/h10,12,16H,5-9H2,1-4H3,(H,17,18). The van der Waals surface area contributed by atoms with Gasteiger partial charge in [0.25, 0.3) is 0 Å². The fourth-order valence-electron chi connectivity index (χ4n) is 2.88. The third kappa shape index (κ3) is 3.61. The van der Waals surface area contributed by atoms with Gasteiger partial charge in [0.15, 0.2) is 0 Å². The molecule has 1 aliphatic rings. The molecule has 1 fully saturated rings. The second kappa shape index (κ2) is 7.02. The van der Waals surface area contributed by atoms with Crippen molar-refractivity contribution in [2.45, 2.75) is 32.9 Å². The summed E-state index contributed by atoms with van der Waals surface area (Å²) in [5.74, 6) is 0.966. The summed E-state index contributed by atoms with van der Waals surface area (Å²) in [5.41, 5.74) is 1.19. The number of aromatic nitrogens is 2. The number of nitrogens with one attached hydrogen (secondary N) is 2. The van der Waals surface area contributed by atoms with Crippen molar-refractivity contribution in [1.29, 1.82) is 0 Å². The van der Waals surface area contributed by atoms with Gasteiger partial charge in [0.05, 0.1) is 11.7 Å². The van der Waals surface area contributed by atoms with Gasteiger partial charge in [-0.25, -0.2) is 4.98 Å². The van der Waals surface area contributed by atoms with Crippen LogP contribution in [0.15, 0.2) is 4.60 Å². The molecule has 0 aliphatic carbocycles. The van der Waals surface area contributed by atoms with E-state index in [1.165, 1.54) is 5.69 Å². The van der Waals surface area contributed by atoms with Crippen LogP contribution in [0.25, 0.3) is 0 Å². The molecule has 0 radical (unpaired) electrons. The molecule has 1 unspecified atom stereocenters. The van der Waals surface area contributed by atoms with E-state index in [1.54, 1.807) is 0 Å². The molecule has 0 bridgehead atoms. The van der Waals surface area contributed by atoms with Crippen molar-refractivity contribution in [2.24, 2.45) is 0 Å². The second-order valence-corrected chi connectivity index (χ2v) is 6.52. The van der Waals surface area contributed by atoms with Gasteiger partial charge in [0.2, 0.25) is 0 Å². The minimum atomic E-state index is 0.352. The number of halogens is 1. The molecule has 0 spiro atoms. The highest BCUT2D eigenvalue weighted by atomic mass is 79.9. The fraction of sp³-hybridized carbons (Fsp3) is 0.786. The molecule has 2 rings (SSSR count). The van der Waals surface area contributed by atoms with Crippen LogP contribution in [-0.2, 0) is 0 Å². The first kappa shape index (κ1) is 15.9. The summed E-state index contributed by atoms with van der Waals surface area (Å²) >= 11 is 3.58. The van der Waals surface area contributed by atoms with Gasteiger partial charge in [-0.3, -0.25) is 9.80 Å². The number of likely N-dealkylation sites (N-methyl/N-ethyl adjacent to an activating group) is 1. The van der Waals surface area contributed by atoms with Gasteiger partial charge < -0.3 is 10.3 Å². The number of hydrogen-bond donors (Lipinski definition) is 2. The van der Waals surface area contributed by atoms with Gasteiger partial charge in [-0.15, -0.1) is 0 Å². The van der Waals surface area contributed by atoms with Crippen LogP contribution in [0.2, 0.25) is 0 Å². The number of aryl methyl sites for hydroxylation is 1. The van der Waals surface area contributed by atoms with Crippen molar-refractivity contribution in [3.8, 4) is 0 Å². The number of hydrogen-bond acceptors (Lipinski definition) is 4. The van der Waals surface area contributed by atoms with E-state index in [1.807, 2.05) is 14.0 Å². The zero-order chi connectivity index (χ0) is 14.7. The van der Waals surface area contributed by atoms with Crippen LogP contribution >= 0.6 is 15.9 Å². The summed E-state index contributed by atoms with van der Waals surface area (Å²) in [5, 5.41) is 3.31. The average molecular weight is 344 g/mol. The van der Waals surface area contributed by atoms with Crippen LogP contribution < -0.4 is 5.32 Å². The SMILES string of the molecule is CNCC(c1[nH]c(C)nc1Br)N1CCN(C(C)C)CC1. The van der Waals surface area contributed by atoms with Crippen LogP contribution in [0.1, 0.15) is 31.4 Å². The third-order valence-corrected chi connectivity index (χ3v) is 4.66. The van der Waals surface area contributed by atoms with E-state index in [0.29, 0.717) is 12.1 Å². The number of aromatic amines is 1. The number of rotatable bonds is 5. The fourth-order valence-corrected chi connectivity index (χ4v) is 3.50. The monoisotopic (exact) mass is 343 g/mol. The summed E-state index contributed by atoms with van der Waals surface area (Å²) in [6.45, 7) is 12.0. The van der Waals surface area contributed by atoms with E-state index in [0.717, 1.165) is 43.2 Å². The van der Waals surface area contributed by atoms with Crippen molar-refractivity contribution < 1.29 is 0 Å². The molecule has 0 aromatic carbocycles. The Hall–Kier alpha value is -0.430. The molecule has 0 saturated carbocycles. The molecular formula is C14H26BrN5. The Balaban J connectivity index is 2.08. The molecule has 1 aliphatic heterocycles. The Labute approximate surface area is 130 Å². The number of H-pyrrole nitrogens is 1. The van der Waals surface area contributed by atoms with E-state index in [2.05, 4.69) is 54.9 Å². The Morgan fingerprint density at radius 2 is 1.85 bits per heavy atom. The predicted molar refractivity (Wildman–Crippen MR) is 86.0 cm³/mol. The maximum Gasteiger partial charge on any atom is 0.129 e. The minimum Gasteiger partial charge on any atom is -0.344 e. The summed E-state index contributed by atoms with van der Waals surface area (Å²) < 4.78 is 0.946. The Kier molecular flexibility index (Phi) is 5.60. The van der Waals surface area contributed by atoms with Crippen molar-refractivity contribution >= 4 is 15.9 Å². The molecule has 6 heteroatoms. The van der Waals surface area contributed by atoms with Crippen LogP contribution in [-0.4, -0.2) is 65.6 Å². The molecule has 20 heavy (non-hydrogen) atoms. The van der Waals surface area contributed by atoms with Crippen LogP contribution in [0, 0.1) is 6.92 Å². The zero-order valence-electron chi connectivity index (χ0n) is 12.9. The first-order valence-corrected chi connectivity index (χ1v) is 8.17. The molecular weight excluding hydrogens is 318 g/mol. The van der Waals surface area contributed by atoms with Gasteiger partial charge in [-0.1, -0.05) is 0 Å². The minimum absolute atomic E-state index is 0.352. The molecule has 2 N–H and O–H groups in total. The molecule has 1 aromatic heterocycles. The second-order valence-electron chi connectivity index (χ2n) is 5.77. The zero-order valence-corrected chi connectivity index (χ0v) is 14.5. The molecule has 1 atom stereocenters. The quantitative estimate of drug-likeness (QED) is 0.855.